The maximum atomic E-state index is 13.5. The van der Waals surface area contributed by atoms with Crippen molar-refractivity contribution in [2.45, 2.75) is 13.1 Å². The van der Waals surface area contributed by atoms with E-state index in [-0.39, 0.29) is 43.5 Å². The van der Waals surface area contributed by atoms with Crippen LogP contribution < -0.4 is 11.1 Å². The zero-order valence-corrected chi connectivity index (χ0v) is 17.5. The molecule has 0 aliphatic rings. The molecule has 2 heterocycles. The molecule has 4 aromatic rings. The van der Waals surface area contributed by atoms with Crippen LogP contribution in [0.1, 0.15) is 36.9 Å². The molecule has 0 atom stereocenters. The molecular weight excluding hydrogens is 439 g/mol. The number of nitrogen functional groups attached to an aromatic ring is 1. The average molecular weight is 455 g/mol. The third-order valence-corrected chi connectivity index (χ3v) is 5.89. The van der Waals surface area contributed by atoms with Crippen LogP contribution in [0.5, 0.6) is 0 Å². The number of benzene rings is 2. The smallest absolute Gasteiger partial charge is 0.397 e. The predicted octanol–water partition coefficient (Wildman–Crippen LogP) is 5.69. The maximum Gasteiger partial charge on any atom is 0.417 e. The summed E-state index contributed by atoms with van der Waals surface area (Å²) >= 11 is 0.773. The van der Waals surface area contributed by atoms with Gasteiger partial charge in [0.25, 0.3) is 5.91 Å². The first-order chi connectivity index (χ1) is 15.2. The number of ketones is 1. The van der Waals surface area contributed by atoms with Crippen molar-refractivity contribution in [3.8, 4) is 0 Å². The SMILES string of the molecule is Cc1cc(C(F)(F)F)c2c(N)c(C(=O)Nc3ccccc3C(=O)c3ccccc3)sc2n1. The van der Waals surface area contributed by atoms with Crippen molar-refractivity contribution in [3.63, 3.8) is 0 Å². The number of rotatable bonds is 4. The van der Waals surface area contributed by atoms with Crippen LogP contribution in [-0.2, 0) is 6.18 Å². The first-order valence-corrected chi connectivity index (χ1v) is 10.3. The summed E-state index contributed by atoms with van der Waals surface area (Å²) in [6.07, 6.45) is -4.65. The minimum absolute atomic E-state index is 0.0219. The number of anilines is 2. The summed E-state index contributed by atoms with van der Waals surface area (Å²) in [5, 5.41) is 2.31. The molecule has 0 fully saturated rings. The molecule has 162 valence electrons. The van der Waals surface area contributed by atoms with Gasteiger partial charge >= 0.3 is 6.18 Å². The molecule has 1 amide bonds. The summed E-state index contributed by atoms with van der Waals surface area (Å²) in [4.78, 5) is 29.9. The van der Waals surface area contributed by atoms with Gasteiger partial charge in [0.2, 0.25) is 0 Å². The summed E-state index contributed by atoms with van der Waals surface area (Å²) in [6.45, 7) is 1.44. The zero-order valence-electron chi connectivity index (χ0n) is 16.7. The second-order valence-electron chi connectivity index (χ2n) is 7.03. The average Bonchev–Trinajstić information content (AvgIpc) is 3.09. The molecule has 0 aliphatic carbocycles. The number of nitrogens with zero attached hydrogens (tertiary/aromatic N) is 1. The van der Waals surface area contributed by atoms with Crippen molar-refractivity contribution in [1.29, 1.82) is 0 Å². The second kappa shape index (κ2) is 8.08. The largest absolute Gasteiger partial charge is 0.417 e. The summed E-state index contributed by atoms with van der Waals surface area (Å²) in [6, 6.07) is 15.8. The molecule has 32 heavy (non-hydrogen) atoms. The first kappa shape index (κ1) is 21.5. The van der Waals surface area contributed by atoms with E-state index in [0.717, 1.165) is 17.4 Å². The van der Waals surface area contributed by atoms with E-state index in [9.17, 15) is 22.8 Å². The van der Waals surface area contributed by atoms with Crippen LogP contribution in [0.15, 0.2) is 60.7 Å². The molecule has 0 radical (unpaired) electrons. The Bertz CT molecular complexity index is 1350. The minimum Gasteiger partial charge on any atom is -0.397 e. The number of carbonyl (C=O) groups is 2. The fourth-order valence-electron chi connectivity index (χ4n) is 3.35. The number of aromatic nitrogens is 1. The molecule has 0 bridgehead atoms. The van der Waals surface area contributed by atoms with Gasteiger partial charge in [-0.3, -0.25) is 9.59 Å². The molecule has 5 nitrogen and oxygen atoms in total. The molecule has 0 saturated heterocycles. The molecule has 9 heteroatoms. The number of aryl methyl sites for hydroxylation is 1. The van der Waals surface area contributed by atoms with Crippen molar-refractivity contribution >= 4 is 44.6 Å². The van der Waals surface area contributed by atoms with Crippen LogP contribution >= 0.6 is 11.3 Å². The van der Waals surface area contributed by atoms with Gasteiger partial charge in [0, 0.05) is 22.2 Å². The highest BCUT2D eigenvalue weighted by molar-refractivity contribution is 7.21. The monoisotopic (exact) mass is 455 g/mol. The summed E-state index contributed by atoms with van der Waals surface area (Å²) in [5.74, 6) is -1.02. The van der Waals surface area contributed by atoms with E-state index in [2.05, 4.69) is 10.3 Å². The Balaban J connectivity index is 1.74. The second-order valence-corrected chi connectivity index (χ2v) is 8.03. The normalized spacial score (nSPS) is 11.5. The Morgan fingerprint density at radius 2 is 1.69 bits per heavy atom. The van der Waals surface area contributed by atoms with E-state index in [4.69, 9.17) is 5.73 Å². The lowest BCUT2D eigenvalue weighted by atomic mass is 10.0. The van der Waals surface area contributed by atoms with Gasteiger partial charge in [-0.2, -0.15) is 13.2 Å². The van der Waals surface area contributed by atoms with Crippen molar-refractivity contribution in [1.82, 2.24) is 4.98 Å². The minimum atomic E-state index is -4.65. The number of alkyl halides is 3. The van der Waals surface area contributed by atoms with Gasteiger partial charge in [0.15, 0.2) is 5.78 Å². The van der Waals surface area contributed by atoms with Crippen molar-refractivity contribution in [2.24, 2.45) is 0 Å². The van der Waals surface area contributed by atoms with Crippen LogP contribution in [0, 0.1) is 6.92 Å². The molecular formula is C23H16F3N3O2S. The van der Waals surface area contributed by atoms with Crippen LogP contribution in [0.4, 0.5) is 24.5 Å². The Morgan fingerprint density at radius 1 is 1.03 bits per heavy atom. The number of hydrogen-bond donors (Lipinski definition) is 2. The number of hydrogen-bond acceptors (Lipinski definition) is 5. The number of halogens is 3. The molecule has 0 spiro atoms. The number of para-hydroxylation sites is 1. The lowest BCUT2D eigenvalue weighted by Gasteiger charge is -2.11. The quantitative estimate of drug-likeness (QED) is 0.387. The zero-order chi connectivity index (χ0) is 23.0. The first-order valence-electron chi connectivity index (χ1n) is 9.43. The van der Waals surface area contributed by atoms with Crippen molar-refractivity contribution in [3.05, 3.63) is 87.9 Å². The van der Waals surface area contributed by atoms with E-state index in [1.54, 1.807) is 54.6 Å². The standard InChI is InChI=1S/C23H16F3N3O2S/c1-12-11-15(23(24,25)26)17-18(27)20(32-22(17)28-12)21(31)29-16-10-6-5-9-14(16)19(30)13-7-3-2-4-8-13/h2-11H,27H2,1H3,(H,29,31). The number of thiophene rings is 1. The highest BCUT2D eigenvalue weighted by Crippen LogP contribution is 2.42. The van der Waals surface area contributed by atoms with Gasteiger partial charge < -0.3 is 11.1 Å². The van der Waals surface area contributed by atoms with E-state index >= 15 is 0 Å². The summed E-state index contributed by atoms with van der Waals surface area (Å²) in [7, 11) is 0. The molecule has 2 aromatic heterocycles. The van der Waals surface area contributed by atoms with E-state index in [1.807, 2.05) is 0 Å². The third kappa shape index (κ3) is 3.94. The third-order valence-electron chi connectivity index (χ3n) is 4.79. The fourth-order valence-corrected chi connectivity index (χ4v) is 4.41. The maximum absolute atomic E-state index is 13.5. The van der Waals surface area contributed by atoms with Crippen molar-refractivity contribution < 1.29 is 22.8 Å². The van der Waals surface area contributed by atoms with Gasteiger partial charge in [-0.1, -0.05) is 42.5 Å². The molecule has 3 N–H and O–H groups in total. The molecule has 0 aliphatic heterocycles. The van der Waals surface area contributed by atoms with Gasteiger partial charge in [-0.25, -0.2) is 4.98 Å². The molecule has 2 aromatic carbocycles. The van der Waals surface area contributed by atoms with E-state index in [0.29, 0.717) is 5.56 Å². The lowest BCUT2D eigenvalue weighted by Crippen LogP contribution is -2.15. The fraction of sp³-hybridized carbons (Fsp3) is 0.0870. The summed E-state index contributed by atoms with van der Waals surface area (Å²) < 4.78 is 40.6. The van der Waals surface area contributed by atoms with Gasteiger partial charge in [-0.15, -0.1) is 11.3 Å². The number of carbonyl (C=O) groups excluding carboxylic acids is 2. The molecule has 0 unspecified atom stereocenters. The number of nitrogens with one attached hydrogen (secondary N) is 1. The van der Waals surface area contributed by atoms with Gasteiger partial charge in [0.1, 0.15) is 9.71 Å². The Hall–Kier alpha value is -3.72. The van der Waals surface area contributed by atoms with Crippen LogP contribution in [-0.4, -0.2) is 16.7 Å². The highest BCUT2D eigenvalue weighted by atomic mass is 32.1. The Kier molecular flexibility index (Phi) is 5.43. The van der Waals surface area contributed by atoms with Gasteiger partial charge in [-0.05, 0) is 25.1 Å². The number of fused-ring (bicyclic) bond motifs is 1. The van der Waals surface area contributed by atoms with E-state index in [1.165, 1.54) is 6.92 Å². The summed E-state index contributed by atoms with van der Waals surface area (Å²) in [5.41, 5.74) is 5.81. The molecule has 4 rings (SSSR count). The number of nitrogens with two attached hydrogens (primary N) is 1. The van der Waals surface area contributed by atoms with Crippen LogP contribution in [0.25, 0.3) is 10.2 Å². The number of amides is 1. The van der Waals surface area contributed by atoms with Crippen molar-refractivity contribution in [2.75, 3.05) is 11.1 Å². The highest BCUT2D eigenvalue weighted by Gasteiger charge is 2.36. The number of pyridine rings is 1. The topological polar surface area (TPSA) is 85.1 Å². The van der Waals surface area contributed by atoms with Crippen LogP contribution in [0.2, 0.25) is 0 Å². The van der Waals surface area contributed by atoms with Gasteiger partial charge in [0.05, 0.1) is 16.9 Å². The van der Waals surface area contributed by atoms with E-state index < -0.39 is 17.6 Å². The Labute approximate surface area is 184 Å². The van der Waals surface area contributed by atoms with Crippen LogP contribution in [0.3, 0.4) is 0 Å². The molecule has 0 saturated carbocycles. The lowest BCUT2D eigenvalue weighted by molar-refractivity contribution is -0.136. The Morgan fingerprint density at radius 3 is 2.38 bits per heavy atom. The predicted molar refractivity (Wildman–Crippen MR) is 118 cm³/mol.